The van der Waals surface area contributed by atoms with E-state index >= 15 is 0 Å². The van der Waals surface area contributed by atoms with Gasteiger partial charge in [-0.3, -0.25) is 13.9 Å². The van der Waals surface area contributed by atoms with Gasteiger partial charge in [-0.25, -0.2) is 14.6 Å². The molecule has 4 rings (SSSR count). The lowest BCUT2D eigenvalue weighted by Crippen LogP contribution is -2.38. The minimum Gasteiger partial charge on any atom is -0.497 e. The molecule has 2 heterocycles. The van der Waals surface area contributed by atoms with E-state index in [9.17, 15) is 19.1 Å². The monoisotopic (exact) mass is 496 g/mol. The van der Waals surface area contributed by atoms with Crippen LogP contribution in [-0.4, -0.2) is 49.8 Å². The summed E-state index contributed by atoms with van der Waals surface area (Å²) in [6.07, 6.45) is 0.414. The van der Waals surface area contributed by atoms with Crippen LogP contribution in [0.4, 0.5) is 10.3 Å². The first-order valence-corrected chi connectivity index (χ1v) is 10.9. The van der Waals surface area contributed by atoms with Gasteiger partial charge in [0.1, 0.15) is 30.0 Å². The van der Waals surface area contributed by atoms with Crippen molar-refractivity contribution in [1.82, 2.24) is 18.7 Å². The highest BCUT2D eigenvalue weighted by Gasteiger charge is 2.21. The van der Waals surface area contributed by atoms with E-state index in [1.54, 1.807) is 43.5 Å². The molecule has 36 heavy (non-hydrogen) atoms. The largest absolute Gasteiger partial charge is 0.497 e. The Balaban J connectivity index is 1.62. The molecule has 2 aromatic carbocycles. The molecule has 0 aliphatic carbocycles. The van der Waals surface area contributed by atoms with Crippen LogP contribution in [0.25, 0.3) is 11.2 Å². The number of methoxy groups -OCH3 is 1. The van der Waals surface area contributed by atoms with Gasteiger partial charge in [0.2, 0.25) is 5.95 Å². The fourth-order valence-electron chi connectivity index (χ4n) is 3.55. The third kappa shape index (κ3) is 5.13. The van der Waals surface area contributed by atoms with E-state index in [1.165, 1.54) is 41.6 Å². The number of benzene rings is 2. The molecule has 4 aromatic rings. The number of rotatable bonds is 9. The van der Waals surface area contributed by atoms with E-state index in [0.717, 1.165) is 4.57 Å². The van der Waals surface area contributed by atoms with Crippen molar-refractivity contribution in [3.8, 4) is 11.5 Å². The molecule has 188 valence electrons. The molecule has 2 aromatic heterocycles. The van der Waals surface area contributed by atoms with E-state index in [2.05, 4.69) is 15.5 Å². The number of anilines is 1. The fourth-order valence-corrected chi connectivity index (χ4v) is 3.55. The number of hydrogen-bond acceptors (Lipinski definition) is 8. The second-order valence-corrected chi connectivity index (χ2v) is 7.99. The summed E-state index contributed by atoms with van der Waals surface area (Å²) < 4.78 is 27.6. The highest BCUT2D eigenvalue weighted by atomic mass is 19.1. The maximum atomic E-state index is 13.1. The van der Waals surface area contributed by atoms with Crippen molar-refractivity contribution < 1.29 is 19.0 Å². The minimum absolute atomic E-state index is 0.0730. The molecular formula is C24H25FN6O5. The number of halogens is 1. The Morgan fingerprint density at radius 1 is 1.08 bits per heavy atom. The average molecular weight is 496 g/mol. The predicted molar refractivity (Wildman–Crippen MR) is 132 cm³/mol. The molecule has 0 fully saturated rings. The number of ether oxygens (including phenoxy) is 2. The fraction of sp³-hybridized carbons (Fsp3) is 0.250. The summed E-state index contributed by atoms with van der Waals surface area (Å²) in [5.74, 6) is 0.965. The normalized spacial score (nSPS) is 12.2. The molecule has 0 bridgehead atoms. The maximum absolute atomic E-state index is 13.1. The molecule has 0 spiro atoms. The van der Waals surface area contributed by atoms with Gasteiger partial charge in [0, 0.05) is 14.1 Å². The van der Waals surface area contributed by atoms with Gasteiger partial charge in [-0.15, -0.1) is 0 Å². The smallest absolute Gasteiger partial charge is 0.332 e. The van der Waals surface area contributed by atoms with E-state index in [-0.39, 0.29) is 36.1 Å². The third-order valence-corrected chi connectivity index (χ3v) is 5.49. The molecule has 12 heteroatoms. The molecule has 2 N–H and O–H groups in total. The van der Waals surface area contributed by atoms with Crippen LogP contribution in [0, 0.1) is 5.82 Å². The van der Waals surface area contributed by atoms with Crippen LogP contribution in [0.2, 0.25) is 0 Å². The van der Waals surface area contributed by atoms with E-state index in [0.29, 0.717) is 17.1 Å². The van der Waals surface area contributed by atoms with Gasteiger partial charge in [-0.1, -0.05) is 12.1 Å². The highest BCUT2D eigenvalue weighted by Crippen LogP contribution is 2.19. The third-order valence-electron chi connectivity index (χ3n) is 5.49. The number of aliphatic hydroxyl groups excluding tert-OH is 1. The zero-order chi connectivity index (χ0) is 25.8. The van der Waals surface area contributed by atoms with Crippen molar-refractivity contribution in [2.45, 2.75) is 12.6 Å². The van der Waals surface area contributed by atoms with Crippen LogP contribution < -0.4 is 26.1 Å². The number of imidazole rings is 1. The molecular weight excluding hydrogens is 471 g/mol. The average Bonchev–Trinajstić information content (AvgIpc) is 3.24. The van der Waals surface area contributed by atoms with E-state index in [4.69, 9.17) is 9.47 Å². The standard InChI is InChI=1S/C24H25FN6O5/c1-29-21-20(22(33)30(2)24(29)34)31(13-17(32)14-36-19-10-8-18(35-3)9-11-19)23(27-21)28-26-12-15-4-6-16(25)7-5-15/h4-12,17,32H,13-14H2,1-3H3,(H,27,28)/b26-12+. The van der Waals surface area contributed by atoms with Crippen molar-refractivity contribution in [2.24, 2.45) is 19.2 Å². The topological polar surface area (TPSA) is 125 Å². The number of aryl methyl sites for hydroxylation is 1. The Bertz CT molecular complexity index is 1510. The van der Waals surface area contributed by atoms with Gasteiger partial charge in [0.05, 0.1) is 19.9 Å². The van der Waals surface area contributed by atoms with Gasteiger partial charge in [0.15, 0.2) is 11.2 Å². The second kappa shape index (κ2) is 10.4. The lowest BCUT2D eigenvalue weighted by molar-refractivity contribution is 0.0938. The quantitative estimate of drug-likeness (QED) is 0.266. The van der Waals surface area contributed by atoms with Gasteiger partial charge in [0.25, 0.3) is 5.56 Å². The minimum atomic E-state index is -1.03. The number of fused-ring (bicyclic) bond motifs is 1. The summed E-state index contributed by atoms with van der Waals surface area (Å²) >= 11 is 0. The zero-order valence-corrected chi connectivity index (χ0v) is 19.9. The molecule has 11 nitrogen and oxygen atoms in total. The first-order valence-electron chi connectivity index (χ1n) is 10.9. The van der Waals surface area contributed by atoms with Crippen LogP contribution in [0.5, 0.6) is 11.5 Å². The Kier molecular flexibility index (Phi) is 7.15. The number of aliphatic hydroxyl groups is 1. The molecule has 0 saturated carbocycles. The first-order chi connectivity index (χ1) is 17.3. The van der Waals surface area contributed by atoms with Crippen LogP contribution in [-0.2, 0) is 20.6 Å². The Hall–Kier alpha value is -4.45. The second-order valence-electron chi connectivity index (χ2n) is 7.99. The lowest BCUT2D eigenvalue weighted by atomic mass is 10.2. The SMILES string of the molecule is COc1ccc(OCC(O)Cn2c(N/N=C/c3ccc(F)cc3)nc3c2c(=O)n(C)c(=O)n3C)cc1. The van der Waals surface area contributed by atoms with Gasteiger partial charge < -0.3 is 19.1 Å². The summed E-state index contributed by atoms with van der Waals surface area (Å²) in [5.41, 5.74) is 2.51. The number of nitrogens with one attached hydrogen (secondary N) is 1. The van der Waals surface area contributed by atoms with Crippen molar-refractivity contribution in [3.63, 3.8) is 0 Å². The van der Waals surface area contributed by atoms with Gasteiger partial charge >= 0.3 is 5.69 Å². The van der Waals surface area contributed by atoms with E-state index < -0.39 is 17.4 Å². The summed E-state index contributed by atoms with van der Waals surface area (Å²) in [7, 11) is 4.42. The van der Waals surface area contributed by atoms with Crippen molar-refractivity contribution in [3.05, 3.63) is 80.7 Å². The number of aromatic nitrogens is 4. The van der Waals surface area contributed by atoms with Crippen LogP contribution >= 0.6 is 0 Å². The number of hydrazone groups is 1. The van der Waals surface area contributed by atoms with Crippen molar-refractivity contribution in [1.29, 1.82) is 0 Å². The Morgan fingerprint density at radius 3 is 2.42 bits per heavy atom. The van der Waals surface area contributed by atoms with Crippen molar-refractivity contribution in [2.75, 3.05) is 19.1 Å². The Labute approximate surface area is 204 Å². The van der Waals surface area contributed by atoms with Gasteiger partial charge in [-0.05, 0) is 42.0 Å². The summed E-state index contributed by atoms with van der Waals surface area (Å²) in [5, 5.41) is 14.8. The van der Waals surface area contributed by atoms with Crippen LogP contribution in [0.1, 0.15) is 5.56 Å². The first kappa shape index (κ1) is 24.7. The summed E-state index contributed by atoms with van der Waals surface area (Å²) in [6.45, 7) is -0.148. The molecule has 0 aliphatic heterocycles. The molecule has 0 aliphatic rings. The summed E-state index contributed by atoms with van der Waals surface area (Å²) in [4.78, 5) is 29.7. The molecule has 0 amide bonds. The molecule has 1 unspecified atom stereocenters. The number of nitrogens with zero attached hydrogens (tertiary/aromatic N) is 5. The predicted octanol–water partition coefficient (Wildman–Crippen LogP) is 1.47. The lowest BCUT2D eigenvalue weighted by Gasteiger charge is -2.15. The summed E-state index contributed by atoms with van der Waals surface area (Å²) in [6, 6.07) is 12.6. The van der Waals surface area contributed by atoms with Crippen molar-refractivity contribution >= 4 is 23.3 Å². The number of hydrogen-bond donors (Lipinski definition) is 2. The molecule has 0 radical (unpaired) electrons. The maximum Gasteiger partial charge on any atom is 0.332 e. The van der Waals surface area contributed by atoms with Crippen LogP contribution in [0.15, 0.2) is 63.2 Å². The van der Waals surface area contributed by atoms with E-state index in [1.807, 2.05) is 0 Å². The zero-order valence-electron chi connectivity index (χ0n) is 19.9. The van der Waals surface area contributed by atoms with Crippen LogP contribution in [0.3, 0.4) is 0 Å². The molecule has 0 saturated heterocycles. The highest BCUT2D eigenvalue weighted by molar-refractivity contribution is 5.80. The molecule has 1 atom stereocenters. The van der Waals surface area contributed by atoms with Gasteiger partial charge in [-0.2, -0.15) is 10.1 Å². The Morgan fingerprint density at radius 2 is 1.75 bits per heavy atom.